The molecule has 0 aromatic rings. The monoisotopic (exact) mass is 427 g/mol. The molecule has 132 valence electrons. The lowest BCUT2D eigenvalue weighted by Gasteiger charge is -2.22. The van der Waals surface area contributed by atoms with Gasteiger partial charge in [0.15, 0.2) is 5.96 Å². The Morgan fingerprint density at radius 1 is 1.23 bits per heavy atom. The van der Waals surface area contributed by atoms with Crippen molar-refractivity contribution in [1.29, 1.82) is 0 Å². The molecule has 0 aromatic heterocycles. The average Bonchev–Trinajstić information content (AvgIpc) is 3.23. The van der Waals surface area contributed by atoms with Crippen LogP contribution < -0.4 is 10.6 Å². The molecule has 0 amide bonds. The molecule has 0 aromatic carbocycles. The predicted molar refractivity (Wildman–Crippen MR) is 103 cm³/mol. The average molecular weight is 427 g/mol. The zero-order valence-electron chi connectivity index (χ0n) is 14.8. The van der Waals surface area contributed by atoms with Crippen molar-refractivity contribution in [2.24, 2.45) is 10.4 Å². The fourth-order valence-corrected chi connectivity index (χ4v) is 2.07. The first-order chi connectivity index (χ1) is 9.97. The summed E-state index contributed by atoms with van der Waals surface area (Å²) in [5, 5.41) is 6.77. The lowest BCUT2D eigenvalue weighted by atomic mass is 10.0. The lowest BCUT2D eigenvalue weighted by Crippen LogP contribution is -2.41. The van der Waals surface area contributed by atoms with Crippen LogP contribution in [0.1, 0.15) is 47.0 Å². The number of ether oxygens (including phenoxy) is 2. The number of guanidine groups is 1. The highest BCUT2D eigenvalue weighted by Gasteiger charge is 2.41. The number of hydrogen-bond acceptors (Lipinski definition) is 3. The van der Waals surface area contributed by atoms with Crippen molar-refractivity contribution in [3.63, 3.8) is 0 Å². The molecule has 1 fully saturated rings. The molecule has 0 spiro atoms. The highest BCUT2D eigenvalue weighted by molar-refractivity contribution is 14.0. The Morgan fingerprint density at radius 3 is 2.41 bits per heavy atom. The van der Waals surface area contributed by atoms with Crippen LogP contribution in [0.25, 0.3) is 0 Å². The van der Waals surface area contributed by atoms with Gasteiger partial charge in [-0.3, -0.25) is 4.99 Å². The first-order valence-electron chi connectivity index (χ1n) is 8.12. The van der Waals surface area contributed by atoms with Gasteiger partial charge in [0.1, 0.15) is 0 Å². The van der Waals surface area contributed by atoms with Crippen LogP contribution in [0.2, 0.25) is 0 Å². The fourth-order valence-electron chi connectivity index (χ4n) is 2.07. The summed E-state index contributed by atoms with van der Waals surface area (Å²) in [5.41, 5.74) is 0.191. The Morgan fingerprint density at radius 2 is 1.91 bits per heavy atom. The maximum absolute atomic E-state index is 5.48. The van der Waals surface area contributed by atoms with E-state index in [1.165, 1.54) is 12.8 Å². The van der Waals surface area contributed by atoms with E-state index < -0.39 is 0 Å². The predicted octanol–water partition coefficient (Wildman–Crippen LogP) is 2.79. The maximum atomic E-state index is 5.48. The van der Waals surface area contributed by atoms with Gasteiger partial charge in [-0.2, -0.15) is 0 Å². The first-order valence-corrected chi connectivity index (χ1v) is 8.12. The summed E-state index contributed by atoms with van der Waals surface area (Å²) >= 11 is 0. The van der Waals surface area contributed by atoms with Gasteiger partial charge in [0.2, 0.25) is 0 Å². The van der Waals surface area contributed by atoms with Gasteiger partial charge in [0, 0.05) is 33.4 Å². The van der Waals surface area contributed by atoms with Crippen molar-refractivity contribution in [1.82, 2.24) is 10.6 Å². The van der Waals surface area contributed by atoms with Gasteiger partial charge in [0.25, 0.3) is 0 Å². The second-order valence-electron chi connectivity index (χ2n) is 6.46. The topological polar surface area (TPSA) is 54.9 Å². The van der Waals surface area contributed by atoms with Gasteiger partial charge in [-0.1, -0.05) is 0 Å². The largest absolute Gasteiger partial charge is 0.382 e. The number of methoxy groups -OCH3 is 1. The van der Waals surface area contributed by atoms with Crippen molar-refractivity contribution in [2.75, 3.05) is 40.0 Å². The summed E-state index contributed by atoms with van der Waals surface area (Å²) in [6.45, 7) is 12.4. The fraction of sp³-hybridized carbons (Fsp3) is 0.938. The molecular formula is C16H34IN3O2. The van der Waals surface area contributed by atoms with Crippen LogP contribution >= 0.6 is 24.0 Å². The Bertz CT molecular complexity index is 331. The van der Waals surface area contributed by atoms with Crippen LogP contribution in [0, 0.1) is 5.41 Å². The van der Waals surface area contributed by atoms with Crippen molar-refractivity contribution >= 4 is 29.9 Å². The van der Waals surface area contributed by atoms with E-state index in [0.29, 0.717) is 12.0 Å². The summed E-state index contributed by atoms with van der Waals surface area (Å²) in [6, 6.07) is 0. The van der Waals surface area contributed by atoms with Gasteiger partial charge in [-0.25, -0.2) is 0 Å². The molecule has 2 N–H and O–H groups in total. The van der Waals surface area contributed by atoms with Gasteiger partial charge in [-0.05, 0) is 52.4 Å². The zero-order chi connectivity index (χ0) is 15.8. The molecule has 0 bridgehead atoms. The second-order valence-corrected chi connectivity index (χ2v) is 6.46. The summed E-state index contributed by atoms with van der Waals surface area (Å²) < 4.78 is 10.9. The van der Waals surface area contributed by atoms with Crippen molar-refractivity contribution in [3.8, 4) is 0 Å². The molecule has 6 heteroatoms. The number of nitrogens with zero attached hydrogens (tertiary/aromatic N) is 1. The van der Waals surface area contributed by atoms with E-state index in [2.05, 4.69) is 22.5 Å². The van der Waals surface area contributed by atoms with E-state index in [4.69, 9.17) is 9.47 Å². The van der Waals surface area contributed by atoms with Crippen molar-refractivity contribution in [3.05, 3.63) is 0 Å². The molecule has 5 nitrogen and oxygen atoms in total. The third-order valence-corrected chi connectivity index (χ3v) is 4.08. The van der Waals surface area contributed by atoms with E-state index in [0.717, 1.165) is 38.7 Å². The van der Waals surface area contributed by atoms with E-state index in [9.17, 15) is 0 Å². The van der Waals surface area contributed by atoms with Gasteiger partial charge in [-0.15, -0.1) is 24.0 Å². The van der Waals surface area contributed by atoms with E-state index in [1.54, 1.807) is 7.11 Å². The third-order valence-electron chi connectivity index (χ3n) is 4.08. The summed E-state index contributed by atoms with van der Waals surface area (Å²) in [5.74, 6) is 0.880. The molecule has 0 aliphatic heterocycles. The van der Waals surface area contributed by atoms with Gasteiger partial charge < -0.3 is 20.1 Å². The standard InChI is InChI=1S/C16H33N3O2.HI/c1-6-17-14(18-12-15(3,4)20-5)19-13-16(8-9-16)10-11-21-7-2;/h6-13H2,1-5H3,(H2,17,18,19);1H. The Kier molecular flexibility index (Phi) is 10.6. The molecule has 1 aliphatic rings. The molecule has 0 unspecified atom stereocenters. The normalized spacial score (nSPS) is 16.9. The smallest absolute Gasteiger partial charge is 0.191 e. The number of aliphatic imine (C=N–C) groups is 1. The summed E-state index contributed by atoms with van der Waals surface area (Å²) in [4.78, 5) is 4.62. The quantitative estimate of drug-likeness (QED) is 0.244. The highest BCUT2D eigenvalue weighted by atomic mass is 127. The Balaban J connectivity index is 0.00000441. The number of halogens is 1. The third kappa shape index (κ3) is 8.53. The van der Waals surface area contributed by atoms with E-state index in [-0.39, 0.29) is 29.6 Å². The molecular weight excluding hydrogens is 393 g/mol. The Labute approximate surface area is 153 Å². The molecule has 22 heavy (non-hydrogen) atoms. The summed E-state index contributed by atoms with van der Waals surface area (Å²) in [6.07, 6.45) is 3.71. The van der Waals surface area contributed by atoms with Crippen LogP contribution in [0.5, 0.6) is 0 Å². The van der Waals surface area contributed by atoms with Gasteiger partial charge in [0.05, 0.1) is 12.1 Å². The highest BCUT2D eigenvalue weighted by Crippen LogP contribution is 2.48. The van der Waals surface area contributed by atoms with Crippen LogP contribution in [0.4, 0.5) is 0 Å². The van der Waals surface area contributed by atoms with Crippen molar-refractivity contribution < 1.29 is 9.47 Å². The number of hydrogen-bond donors (Lipinski definition) is 2. The second kappa shape index (κ2) is 10.6. The number of nitrogens with one attached hydrogen (secondary N) is 2. The Hall–Kier alpha value is -0.0800. The molecule has 1 rings (SSSR count). The van der Waals surface area contributed by atoms with Crippen LogP contribution in [0.15, 0.2) is 4.99 Å². The molecule has 0 heterocycles. The molecule has 1 aliphatic carbocycles. The van der Waals surface area contributed by atoms with Crippen LogP contribution in [0.3, 0.4) is 0 Å². The zero-order valence-corrected chi connectivity index (χ0v) is 17.2. The number of rotatable bonds is 10. The van der Waals surface area contributed by atoms with Crippen molar-refractivity contribution in [2.45, 2.75) is 52.6 Å². The van der Waals surface area contributed by atoms with Crippen LogP contribution in [-0.2, 0) is 9.47 Å². The molecule has 0 atom stereocenters. The molecule has 0 saturated heterocycles. The SMILES string of the molecule is CCNC(=NCC(C)(C)OC)NCC1(CCOCC)CC1.I. The van der Waals surface area contributed by atoms with Crippen LogP contribution in [-0.4, -0.2) is 51.5 Å². The molecule has 0 radical (unpaired) electrons. The maximum Gasteiger partial charge on any atom is 0.191 e. The minimum Gasteiger partial charge on any atom is -0.382 e. The van der Waals surface area contributed by atoms with Gasteiger partial charge >= 0.3 is 0 Å². The van der Waals surface area contributed by atoms with E-state index >= 15 is 0 Å². The minimum atomic E-state index is -0.228. The first kappa shape index (κ1) is 21.9. The van der Waals surface area contributed by atoms with E-state index in [1.807, 2.05) is 20.8 Å². The lowest BCUT2D eigenvalue weighted by molar-refractivity contribution is 0.0310. The summed E-state index contributed by atoms with van der Waals surface area (Å²) in [7, 11) is 1.72. The minimum absolute atomic E-state index is 0. The molecule has 1 saturated carbocycles.